The fourth-order valence-corrected chi connectivity index (χ4v) is 2.92. The highest BCUT2D eigenvalue weighted by Gasteiger charge is 2.24. The van der Waals surface area contributed by atoms with E-state index in [9.17, 15) is 20.3 Å². The molecule has 1 aliphatic rings. The fourth-order valence-electron chi connectivity index (χ4n) is 2.92. The molecule has 1 saturated carbocycles. The summed E-state index contributed by atoms with van der Waals surface area (Å²) in [5.41, 5.74) is 0.519. The minimum Gasteiger partial charge on any atom is -0.396 e. The van der Waals surface area contributed by atoms with Crippen LogP contribution in [0.3, 0.4) is 0 Å². The number of nitro benzene ring substituents is 1. The van der Waals surface area contributed by atoms with Gasteiger partial charge < -0.3 is 15.5 Å². The first-order chi connectivity index (χ1) is 10.1. The van der Waals surface area contributed by atoms with Gasteiger partial charge in [0.1, 0.15) is 0 Å². The third-order valence-corrected chi connectivity index (χ3v) is 4.18. The van der Waals surface area contributed by atoms with Crippen LogP contribution in [-0.4, -0.2) is 34.3 Å². The number of nitrogens with zero attached hydrogens (tertiary/aromatic N) is 1. The topological polar surface area (TPSA) is 95.6 Å². The van der Waals surface area contributed by atoms with Crippen molar-refractivity contribution >= 4 is 5.69 Å². The molecule has 3 atom stereocenters. The number of aliphatic hydroxyl groups is 2. The Bertz CT molecular complexity index is 480. The molecule has 3 unspecified atom stereocenters. The second-order valence-electron chi connectivity index (χ2n) is 5.61. The molecule has 21 heavy (non-hydrogen) atoms. The minimum atomic E-state index is -0.786. The Morgan fingerprint density at radius 2 is 2.14 bits per heavy atom. The zero-order valence-electron chi connectivity index (χ0n) is 11.9. The summed E-state index contributed by atoms with van der Waals surface area (Å²) < 4.78 is 0. The molecule has 116 valence electrons. The number of hydrogen-bond acceptors (Lipinski definition) is 5. The highest BCUT2D eigenvalue weighted by atomic mass is 16.6. The van der Waals surface area contributed by atoms with E-state index >= 15 is 0 Å². The Morgan fingerprint density at radius 1 is 1.38 bits per heavy atom. The van der Waals surface area contributed by atoms with E-state index < -0.39 is 11.0 Å². The quantitative estimate of drug-likeness (QED) is 0.549. The number of rotatable bonds is 6. The summed E-state index contributed by atoms with van der Waals surface area (Å²) in [5.74, 6) is 0.232. The molecule has 0 radical (unpaired) electrons. The standard InChI is InChI=1S/C15H22N2O4/c18-10-12-4-1-2-7-14(12)16-9-15(19)11-5-3-6-13(8-11)17(20)21/h3,5-6,8,12,14-16,18-19H,1-2,4,7,9-10H2. The molecule has 0 heterocycles. The maximum absolute atomic E-state index is 10.7. The molecule has 0 aromatic heterocycles. The maximum atomic E-state index is 10.7. The third kappa shape index (κ3) is 4.23. The summed E-state index contributed by atoms with van der Waals surface area (Å²) in [4.78, 5) is 10.3. The van der Waals surface area contributed by atoms with E-state index in [4.69, 9.17) is 0 Å². The molecule has 1 fully saturated rings. The van der Waals surface area contributed by atoms with Gasteiger partial charge in [0.25, 0.3) is 5.69 Å². The van der Waals surface area contributed by atoms with Crippen molar-refractivity contribution in [2.75, 3.05) is 13.2 Å². The van der Waals surface area contributed by atoms with Gasteiger partial charge in [-0.25, -0.2) is 0 Å². The highest BCUT2D eigenvalue weighted by Crippen LogP contribution is 2.25. The number of hydrogen-bond donors (Lipinski definition) is 3. The first-order valence-electron chi connectivity index (χ1n) is 7.38. The summed E-state index contributed by atoms with van der Waals surface area (Å²) >= 11 is 0. The highest BCUT2D eigenvalue weighted by molar-refractivity contribution is 5.35. The number of nitrogens with one attached hydrogen (secondary N) is 1. The van der Waals surface area contributed by atoms with Crippen LogP contribution in [0, 0.1) is 16.0 Å². The second-order valence-corrected chi connectivity index (χ2v) is 5.61. The van der Waals surface area contributed by atoms with Gasteiger partial charge >= 0.3 is 0 Å². The van der Waals surface area contributed by atoms with Crippen molar-refractivity contribution in [3.05, 3.63) is 39.9 Å². The van der Waals surface area contributed by atoms with Crippen LogP contribution in [-0.2, 0) is 0 Å². The predicted molar refractivity (Wildman–Crippen MR) is 78.9 cm³/mol. The van der Waals surface area contributed by atoms with Crippen molar-refractivity contribution in [1.29, 1.82) is 0 Å². The summed E-state index contributed by atoms with van der Waals surface area (Å²) in [6, 6.07) is 6.28. The molecule has 6 nitrogen and oxygen atoms in total. The van der Waals surface area contributed by atoms with Gasteiger partial charge in [-0.1, -0.05) is 25.0 Å². The Morgan fingerprint density at radius 3 is 2.86 bits per heavy atom. The summed E-state index contributed by atoms with van der Waals surface area (Å²) in [6.45, 7) is 0.493. The number of benzene rings is 1. The average molecular weight is 294 g/mol. The molecule has 0 bridgehead atoms. The monoisotopic (exact) mass is 294 g/mol. The molecule has 1 aliphatic carbocycles. The lowest BCUT2D eigenvalue weighted by molar-refractivity contribution is -0.385. The van der Waals surface area contributed by atoms with Crippen LogP contribution in [0.2, 0.25) is 0 Å². The van der Waals surface area contributed by atoms with E-state index in [0.717, 1.165) is 25.7 Å². The van der Waals surface area contributed by atoms with Gasteiger partial charge in [0.2, 0.25) is 0 Å². The molecule has 2 rings (SSSR count). The molecule has 1 aromatic carbocycles. The number of non-ortho nitro benzene ring substituents is 1. The van der Waals surface area contributed by atoms with Gasteiger partial charge in [0, 0.05) is 31.3 Å². The largest absolute Gasteiger partial charge is 0.396 e. The zero-order valence-corrected chi connectivity index (χ0v) is 11.9. The summed E-state index contributed by atoms with van der Waals surface area (Å²) in [6.07, 6.45) is 3.47. The Kier molecular flexibility index (Phi) is 5.67. The van der Waals surface area contributed by atoms with Gasteiger partial charge in [-0.2, -0.15) is 0 Å². The molecular formula is C15H22N2O4. The van der Waals surface area contributed by atoms with E-state index in [-0.39, 0.29) is 24.3 Å². The lowest BCUT2D eigenvalue weighted by atomic mass is 9.85. The van der Waals surface area contributed by atoms with Crippen LogP contribution >= 0.6 is 0 Å². The van der Waals surface area contributed by atoms with Crippen molar-refractivity contribution in [1.82, 2.24) is 5.32 Å². The Labute approximate surface area is 124 Å². The molecule has 0 aliphatic heterocycles. The van der Waals surface area contributed by atoms with Crippen LogP contribution in [0.5, 0.6) is 0 Å². The van der Waals surface area contributed by atoms with Crippen LogP contribution in [0.4, 0.5) is 5.69 Å². The molecule has 0 spiro atoms. The van der Waals surface area contributed by atoms with E-state index in [2.05, 4.69) is 5.32 Å². The third-order valence-electron chi connectivity index (χ3n) is 4.18. The van der Waals surface area contributed by atoms with Crippen molar-refractivity contribution in [3.63, 3.8) is 0 Å². The second kappa shape index (κ2) is 7.49. The van der Waals surface area contributed by atoms with Gasteiger partial charge in [0.05, 0.1) is 11.0 Å². The zero-order chi connectivity index (χ0) is 15.2. The Hall–Kier alpha value is -1.50. The molecule has 6 heteroatoms. The van der Waals surface area contributed by atoms with E-state index in [1.165, 1.54) is 12.1 Å². The molecule has 3 N–H and O–H groups in total. The maximum Gasteiger partial charge on any atom is 0.269 e. The lowest BCUT2D eigenvalue weighted by Crippen LogP contribution is -2.41. The van der Waals surface area contributed by atoms with Crippen LogP contribution < -0.4 is 5.32 Å². The summed E-state index contributed by atoms with van der Waals surface area (Å²) in [5, 5.41) is 33.6. The molecular weight excluding hydrogens is 272 g/mol. The Balaban J connectivity index is 1.93. The predicted octanol–water partition coefficient (Wildman–Crippen LogP) is 1.77. The fraction of sp³-hybridized carbons (Fsp3) is 0.600. The van der Waals surface area contributed by atoms with Gasteiger partial charge in [-0.05, 0) is 24.3 Å². The number of nitro groups is 1. The lowest BCUT2D eigenvalue weighted by Gasteiger charge is -2.31. The summed E-state index contributed by atoms with van der Waals surface area (Å²) in [7, 11) is 0. The van der Waals surface area contributed by atoms with Crippen LogP contribution in [0.25, 0.3) is 0 Å². The molecule has 0 saturated heterocycles. The van der Waals surface area contributed by atoms with Crippen molar-refractivity contribution in [2.24, 2.45) is 5.92 Å². The van der Waals surface area contributed by atoms with E-state index in [1.54, 1.807) is 12.1 Å². The smallest absolute Gasteiger partial charge is 0.269 e. The molecule has 1 aromatic rings. The SMILES string of the molecule is O=[N+]([O-])c1cccc(C(O)CNC2CCCCC2CO)c1. The molecule has 0 amide bonds. The average Bonchev–Trinajstić information content (AvgIpc) is 2.52. The van der Waals surface area contributed by atoms with E-state index in [0.29, 0.717) is 12.1 Å². The first-order valence-corrected chi connectivity index (χ1v) is 7.38. The van der Waals surface area contributed by atoms with Crippen molar-refractivity contribution in [2.45, 2.75) is 37.8 Å². The van der Waals surface area contributed by atoms with Gasteiger partial charge in [-0.15, -0.1) is 0 Å². The van der Waals surface area contributed by atoms with E-state index in [1.807, 2.05) is 0 Å². The van der Waals surface area contributed by atoms with Gasteiger partial charge in [0.15, 0.2) is 0 Å². The van der Waals surface area contributed by atoms with Crippen molar-refractivity contribution in [3.8, 4) is 0 Å². The minimum absolute atomic E-state index is 0.0162. The van der Waals surface area contributed by atoms with Gasteiger partial charge in [-0.3, -0.25) is 10.1 Å². The number of aliphatic hydroxyl groups excluding tert-OH is 2. The van der Waals surface area contributed by atoms with Crippen LogP contribution in [0.15, 0.2) is 24.3 Å². The first kappa shape index (κ1) is 15.9. The van der Waals surface area contributed by atoms with Crippen molar-refractivity contribution < 1.29 is 15.1 Å². The normalized spacial score (nSPS) is 23.7. The van der Waals surface area contributed by atoms with Crippen LogP contribution in [0.1, 0.15) is 37.4 Å².